The largest absolute Gasteiger partial charge is 0.466 e. The Labute approximate surface area is 145 Å². The second-order valence-electron chi connectivity index (χ2n) is 6.26. The van der Waals surface area contributed by atoms with Gasteiger partial charge >= 0.3 is 6.03 Å². The molecule has 7 nitrogen and oxygen atoms in total. The number of aryl methyl sites for hydroxylation is 1. The van der Waals surface area contributed by atoms with E-state index in [2.05, 4.69) is 15.6 Å². The summed E-state index contributed by atoms with van der Waals surface area (Å²) in [5, 5.41) is 15.7. The Hall–Kier alpha value is -2.80. The number of fused-ring (bicyclic) bond motifs is 1. The number of carbonyl (C=O) groups is 1. The Kier molecular flexibility index (Phi) is 4.76. The standard InChI is InChI=1S/C18H22N4O3/c1-13-5-3-9-22-11-14(21-16(13)22)7-8-19-17(23)20-12-18(2,24)15-6-4-10-25-15/h3-6,9-11,24H,7-8,12H2,1-2H3,(H2,19,20,23). The van der Waals surface area contributed by atoms with Gasteiger partial charge in [0.05, 0.1) is 18.5 Å². The molecule has 0 aromatic carbocycles. The molecule has 0 fully saturated rings. The van der Waals surface area contributed by atoms with Gasteiger partial charge in [-0.05, 0) is 37.6 Å². The molecular weight excluding hydrogens is 320 g/mol. The average molecular weight is 342 g/mol. The van der Waals surface area contributed by atoms with Crippen molar-refractivity contribution in [1.82, 2.24) is 20.0 Å². The molecule has 3 aromatic rings. The van der Waals surface area contributed by atoms with E-state index in [4.69, 9.17) is 4.42 Å². The van der Waals surface area contributed by atoms with E-state index >= 15 is 0 Å². The van der Waals surface area contributed by atoms with Crippen molar-refractivity contribution in [2.45, 2.75) is 25.9 Å². The third-order valence-electron chi connectivity index (χ3n) is 4.04. The summed E-state index contributed by atoms with van der Waals surface area (Å²) in [5.74, 6) is 0.410. The molecule has 2 amide bonds. The molecule has 3 rings (SSSR count). The zero-order valence-electron chi connectivity index (χ0n) is 14.3. The van der Waals surface area contributed by atoms with Crippen LogP contribution in [0.5, 0.6) is 0 Å². The highest BCUT2D eigenvalue weighted by Gasteiger charge is 2.26. The van der Waals surface area contributed by atoms with E-state index in [0.29, 0.717) is 18.7 Å². The van der Waals surface area contributed by atoms with Crippen LogP contribution in [0.3, 0.4) is 0 Å². The molecule has 0 aliphatic carbocycles. The van der Waals surface area contributed by atoms with Crippen LogP contribution in [0.1, 0.15) is 23.9 Å². The zero-order valence-corrected chi connectivity index (χ0v) is 14.3. The minimum Gasteiger partial charge on any atom is -0.466 e. The molecular formula is C18H22N4O3. The van der Waals surface area contributed by atoms with Gasteiger partial charge < -0.3 is 24.6 Å². The highest BCUT2D eigenvalue weighted by molar-refractivity contribution is 5.73. The molecule has 3 heterocycles. The summed E-state index contributed by atoms with van der Waals surface area (Å²) in [4.78, 5) is 16.5. The fraction of sp³-hybridized carbons (Fsp3) is 0.333. The first-order valence-electron chi connectivity index (χ1n) is 8.17. The van der Waals surface area contributed by atoms with Gasteiger partial charge in [-0.15, -0.1) is 0 Å². The summed E-state index contributed by atoms with van der Waals surface area (Å²) in [6.45, 7) is 4.12. The lowest BCUT2D eigenvalue weighted by molar-refractivity contribution is 0.0367. The highest BCUT2D eigenvalue weighted by atomic mass is 16.4. The lowest BCUT2D eigenvalue weighted by Gasteiger charge is -2.21. The van der Waals surface area contributed by atoms with Gasteiger partial charge in [0, 0.05) is 25.4 Å². The van der Waals surface area contributed by atoms with Crippen LogP contribution in [0.2, 0.25) is 0 Å². The molecule has 0 bridgehead atoms. The molecule has 0 aliphatic rings. The number of amides is 2. The van der Waals surface area contributed by atoms with Crippen LogP contribution in [0.25, 0.3) is 5.65 Å². The number of carbonyl (C=O) groups excluding carboxylic acids is 1. The molecule has 3 N–H and O–H groups in total. The second-order valence-corrected chi connectivity index (χ2v) is 6.26. The summed E-state index contributed by atoms with van der Waals surface area (Å²) in [7, 11) is 0. The number of pyridine rings is 1. The fourth-order valence-corrected chi connectivity index (χ4v) is 2.62. The van der Waals surface area contributed by atoms with Crippen molar-refractivity contribution in [3.8, 4) is 0 Å². The Morgan fingerprint density at radius 1 is 1.36 bits per heavy atom. The van der Waals surface area contributed by atoms with Crippen LogP contribution in [0, 0.1) is 6.92 Å². The van der Waals surface area contributed by atoms with Gasteiger partial charge in [0.25, 0.3) is 0 Å². The first-order chi connectivity index (χ1) is 12.0. The van der Waals surface area contributed by atoms with Gasteiger partial charge in [-0.2, -0.15) is 0 Å². The third kappa shape index (κ3) is 4.00. The number of urea groups is 1. The van der Waals surface area contributed by atoms with Crippen molar-refractivity contribution < 1.29 is 14.3 Å². The number of rotatable bonds is 6. The van der Waals surface area contributed by atoms with E-state index in [0.717, 1.165) is 16.9 Å². The van der Waals surface area contributed by atoms with Crippen LogP contribution in [0.15, 0.2) is 47.3 Å². The van der Waals surface area contributed by atoms with E-state index in [1.54, 1.807) is 19.1 Å². The number of hydrogen-bond donors (Lipinski definition) is 3. The monoisotopic (exact) mass is 342 g/mol. The van der Waals surface area contributed by atoms with E-state index in [1.165, 1.54) is 6.26 Å². The van der Waals surface area contributed by atoms with Gasteiger partial charge in [0.1, 0.15) is 17.0 Å². The van der Waals surface area contributed by atoms with E-state index in [1.807, 2.05) is 35.9 Å². The number of nitrogens with zero attached hydrogens (tertiary/aromatic N) is 2. The summed E-state index contributed by atoms with van der Waals surface area (Å²) >= 11 is 0. The summed E-state index contributed by atoms with van der Waals surface area (Å²) in [6, 6.07) is 7.02. The predicted octanol–water partition coefficient (Wildman–Crippen LogP) is 1.99. The van der Waals surface area contributed by atoms with Gasteiger partial charge in [-0.1, -0.05) is 6.07 Å². The predicted molar refractivity (Wildman–Crippen MR) is 93.3 cm³/mol. The molecule has 1 atom stereocenters. The summed E-state index contributed by atoms with van der Waals surface area (Å²) in [6.07, 6.45) is 6.03. The molecule has 3 aromatic heterocycles. The quantitative estimate of drug-likeness (QED) is 0.639. The molecule has 25 heavy (non-hydrogen) atoms. The van der Waals surface area contributed by atoms with Gasteiger partial charge in [-0.25, -0.2) is 9.78 Å². The molecule has 0 aliphatic heterocycles. The van der Waals surface area contributed by atoms with Crippen molar-refractivity contribution in [2.75, 3.05) is 13.1 Å². The normalized spacial score (nSPS) is 13.6. The van der Waals surface area contributed by atoms with Crippen molar-refractivity contribution in [1.29, 1.82) is 0 Å². The third-order valence-corrected chi connectivity index (χ3v) is 4.04. The number of furan rings is 1. The summed E-state index contributed by atoms with van der Waals surface area (Å²) in [5.41, 5.74) is 1.70. The van der Waals surface area contributed by atoms with Gasteiger partial charge in [0.15, 0.2) is 0 Å². The number of hydrogen-bond acceptors (Lipinski definition) is 4. The van der Waals surface area contributed by atoms with Crippen molar-refractivity contribution in [2.24, 2.45) is 0 Å². The number of imidazole rings is 1. The van der Waals surface area contributed by atoms with E-state index in [-0.39, 0.29) is 12.6 Å². The van der Waals surface area contributed by atoms with E-state index in [9.17, 15) is 9.90 Å². The Morgan fingerprint density at radius 3 is 2.92 bits per heavy atom. The molecule has 132 valence electrons. The number of nitrogens with one attached hydrogen (secondary N) is 2. The first-order valence-corrected chi connectivity index (χ1v) is 8.17. The fourth-order valence-electron chi connectivity index (χ4n) is 2.62. The van der Waals surface area contributed by atoms with Crippen molar-refractivity contribution in [3.05, 3.63) is 59.9 Å². The van der Waals surface area contributed by atoms with Crippen LogP contribution in [-0.2, 0) is 12.0 Å². The number of aromatic nitrogens is 2. The minimum atomic E-state index is -1.25. The van der Waals surface area contributed by atoms with Gasteiger partial charge in [0.2, 0.25) is 0 Å². The van der Waals surface area contributed by atoms with Crippen LogP contribution in [-0.4, -0.2) is 33.6 Å². The SMILES string of the molecule is Cc1cccn2cc(CCNC(=O)NCC(C)(O)c3ccco3)nc12. The maximum atomic E-state index is 11.9. The van der Waals surface area contributed by atoms with Crippen LogP contribution < -0.4 is 10.6 Å². The summed E-state index contributed by atoms with van der Waals surface area (Å²) < 4.78 is 7.15. The first kappa shape index (κ1) is 17.0. The minimum absolute atomic E-state index is 0.0555. The molecule has 0 saturated heterocycles. The maximum Gasteiger partial charge on any atom is 0.314 e. The Balaban J connectivity index is 1.47. The number of aliphatic hydroxyl groups is 1. The molecule has 7 heteroatoms. The highest BCUT2D eigenvalue weighted by Crippen LogP contribution is 2.19. The molecule has 0 spiro atoms. The molecule has 0 saturated carbocycles. The van der Waals surface area contributed by atoms with Crippen molar-refractivity contribution in [3.63, 3.8) is 0 Å². The lowest BCUT2D eigenvalue weighted by atomic mass is 10.0. The van der Waals surface area contributed by atoms with E-state index < -0.39 is 5.60 Å². The smallest absolute Gasteiger partial charge is 0.314 e. The van der Waals surface area contributed by atoms with Crippen LogP contribution in [0.4, 0.5) is 4.79 Å². The Morgan fingerprint density at radius 2 is 2.20 bits per heavy atom. The van der Waals surface area contributed by atoms with Gasteiger partial charge in [-0.3, -0.25) is 0 Å². The lowest BCUT2D eigenvalue weighted by Crippen LogP contribution is -2.43. The van der Waals surface area contributed by atoms with Crippen molar-refractivity contribution >= 4 is 11.7 Å². The van der Waals surface area contributed by atoms with Crippen LogP contribution >= 0.6 is 0 Å². The second kappa shape index (κ2) is 6.98. The molecule has 1 unspecified atom stereocenters. The maximum absolute atomic E-state index is 11.9. The Bertz CT molecular complexity index is 852. The topological polar surface area (TPSA) is 91.8 Å². The molecule has 0 radical (unpaired) electrons. The average Bonchev–Trinajstić information content (AvgIpc) is 3.23. The zero-order chi connectivity index (χ0) is 17.9.